The molecule has 2 nitrogen and oxygen atoms in total. The number of aromatic nitrogens is 1. The predicted octanol–water partition coefficient (Wildman–Crippen LogP) is 2.92. The van der Waals surface area contributed by atoms with Gasteiger partial charge in [0.15, 0.2) is 0 Å². The molecule has 0 aliphatic rings. The highest BCUT2D eigenvalue weighted by Gasteiger charge is 2.04. The number of nitrogens with zero attached hydrogens (tertiary/aromatic N) is 1. The van der Waals surface area contributed by atoms with Gasteiger partial charge >= 0.3 is 0 Å². The molecule has 0 unspecified atom stereocenters. The average molecular weight is 210 g/mol. The monoisotopic (exact) mass is 210 g/mol. The summed E-state index contributed by atoms with van der Waals surface area (Å²) in [6.07, 6.45) is 3.17. The first kappa shape index (κ1) is 11.4. The topological polar surface area (TPSA) is 38.9 Å². The Hall–Kier alpha value is -0.700. The van der Waals surface area contributed by atoms with Crippen LogP contribution in [0.15, 0.2) is 6.20 Å². The second kappa shape index (κ2) is 5.25. The summed E-state index contributed by atoms with van der Waals surface area (Å²) in [5.41, 5.74) is 10.2. The van der Waals surface area contributed by atoms with E-state index in [4.69, 9.17) is 5.73 Å². The lowest BCUT2D eigenvalue weighted by Gasteiger charge is -2.09. The van der Waals surface area contributed by atoms with E-state index in [9.17, 15) is 0 Å². The van der Waals surface area contributed by atoms with Crippen molar-refractivity contribution in [2.24, 2.45) is 0 Å². The zero-order valence-corrected chi connectivity index (χ0v) is 9.95. The first-order valence-corrected chi connectivity index (χ1v) is 6.10. The Morgan fingerprint density at radius 2 is 2.14 bits per heavy atom. The fourth-order valence-electron chi connectivity index (χ4n) is 1.26. The Balaban J connectivity index is 2.73. The SMILES string of the molecule is CCCSCc1cnc(C)c(N)c1C. The molecule has 2 N–H and O–H groups in total. The van der Waals surface area contributed by atoms with Crippen molar-refractivity contribution in [2.45, 2.75) is 32.9 Å². The molecule has 0 amide bonds. The standard InChI is InChI=1S/C11H18N2S/c1-4-5-14-7-10-6-13-9(3)11(12)8(10)2/h6H,4-5,7,12H2,1-3H3. The second-order valence-electron chi connectivity index (χ2n) is 3.46. The van der Waals surface area contributed by atoms with Crippen molar-refractivity contribution in [3.63, 3.8) is 0 Å². The zero-order chi connectivity index (χ0) is 10.6. The summed E-state index contributed by atoms with van der Waals surface area (Å²) in [6, 6.07) is 0. The molecule has 0 spiro atoms. The number of aryl methyl sites for hydroxylation is 1. The number of nitrogens with two attached hydrogens (primary N) is 1. The van der Waals surface area contributed by atoms with Crippen LogP contribution in [0.2, 0.25) is 0 Å². The van der Waals surface area contributed by atoms with E-state index in [-0.39, 0.29) is 0 Å². The molecule has 1 heterocycles. The van der Waals surface area contributed by atoms with Gasteiger partial charge in [0.05, 0.1) is 11.4 Å². The molecule has 1 aromatic heterocycles. The van der Waals surface area contributed by atoms with E-state index >= 15 is 0 Å². The molecule has 0 aliphatic carbocycles. The van der Waals surface area contributed by atoms with Crippen molar-refractivity contribution in [1.82, 2.24) is 4.98 Å². The fraction of sp³-hybridized carbons (Fsp3) is 0.545. The molecule has 0 aromatic carbocycles. The van der Waals surface area contributed by atoms with Crippen LogP contribution in [0, 0.1) is 13.8 Å². The van der Waals surface area contributed by atoms with Gasteiger partial charge in [0.2, 0.25) is 0 Å². The smallest absolute Gasteiger partial charge is 0.0604 e. The lowest BCUT2D eigenvalue weighted by atomic mass is 10.1. The largest absolute Gasteiger partial charge is 0.397 e. The first-order valence-electron chi connectivity index (χ1n) is 4.95. The molecule has 0 radical (unpaired) electrons. The second-order valence-corrected chi connectivity index (χ2v) is 4.57. The average Bonchev–Trinajstić information content (AvgIpc) is 2.18. The molecule has 0 fully saturated rings. The minimum absolute atomic E-state index is 0.847. The summed E-state index contributed by atoms with van der Waals surface area (Å²) in [6.45, 7) is 6.22. The molecule has 0 saturated carbocycles. The van der Waals surface area contributed by atoms with E-state index in [0.717, 1.165) is 17.1 Å². The molecular weight excluding hydrogens is 192 g/mol. The summed E-state index contributed by atoms with van der Waals surface area (Å²) in [7, 11) is 0. The highest BCUT2D eigenvalue weighted by Crippen LogP contribution is 2.22. The van der Waals surface area contributed by atoms with Gasteiger partial charge in [-0.05, 0) is 37.1 Å². The predicted molar refractivity (Wildman–Crippen MR) is 64.6 cm³/mol. The summed E-state index contributed by atoms with van der Waals surface area (Å²) in [4.78, 5) is 4.28. The van der Waals surface area contributed by atoms with Gasteiger partial charge in [-0.2, -0.15) is 11.8 Å². The third kappa shape index (κ3) is 2.64. The molecule has 1 rings (SSSR count). The fourth-order valence-corrected chi connectivity index (χ4v) is 2.20. The Morgan fingerprint density at radius 1 is 1.43 bits per heavy atom. The van der Waals surface area contributed by atoms with Gasteiger partial charge in [-0.3, -0.25) is 4.98 Å². The minimum Gasteiger partial charge on any atom is -0.397 e. The number of hydrogen-bond acceptors (Lipinski definition) is 3. The van der Waals surface area contributed by atoms with Gasteiger partial charge < -0.3 is 5.73 Å². The van der Waals surface area contributed by atoms with E-state index in [1.54, 1.807) is 0 Å². The molecule has 0 atom stereocenters. The highest BCUT2D eigenvalue weighted by molar-refractivity contribution is 7.98. The van der Waals surface area contributed by atoms with Crippen molar-refractivity contribution in [3.8, 4) is 0 Å². The summed E-state index contributed by atoms with van der Waals surface area (Å²) >= 11 is 1.94. The lowest BCUT2D eigenvalue weighted by Crippen LogP contribution is -2.00. The van der Waals surface area contributed by atoms with Crippen molar-refractivity contribution in [1.29, 1.82) is 0 Å². The van der Waals surface area contributed by atoms with Crippen LogP contribution < -0.4 is 5.73 Å². The van der Waals surface area contributed by atoms with E-state index in [2.05, 4.69) is 18.8 Å². The Labute approximate surface area is 90.3 Å². The maximum absolute atomic E-state index is 5.92. The number of thioether (sulfide) groups is 1. The molecule has 78 valence electrons. The van der Waals surface area contributed by atoms with Crippen LogP contribution in [0.5, 0.6) is 0 Å². The van der Waals surface area contributed by atoms with Gasteiger partial charge in [0, 0.05) is 11.9 Å². The van der Waals surface area contributed by atoms with Crippen LogP contribution in [-0.2, 0) is 5.75 Å². The van der Waals surface area contributed by atoms with Gasteiger partial charge in [-0.1, -0.05) is 6.92 Å². The third-order valence-electron chi connectivity index (χ3n) is 2.30. The van der Waals surface area contributed by atoms with Gasteiger partial charge in [0.1, 0.15) is 0 Å². The maximum Gasteiger partial charge on any atom is 0.0604 e. The van der Waals surface area contributed by atoms with Crippen molar-refractivity contribution in [3.05, 3.63) is 23.0 Å². The number of rotatable bonds is 4. The highest BCUT2D eigenvalue weighted by atomic mass is 32.2. The minimum atomic E-state index is 0.847. The summed E-state index contributed by atoms with van der Waals surface area (Å²) in [5, 5.41) is 0. The zero-order valence-electron chi connectivity index (χ0n) is 9.13. The maximum atomic E-state index is 5.92. The Kier molecular flexibility index (Phi) is 4.26. The summed E-state index contributed by atoms with van der Waals surface area (Å²) < 4.78 is 0. The lowest BCUT2D eigenvalue weighted by molar-refractivity contribution is 1.10. The van der Waals surface area contributed by atoms with Gasteiger partial charge in [-0.15, -0.1) is 0 Å². The molecule has 14 heavy (non-hydrogen) atoms. The molecule has 0 aliphatic heterocycles. The quantitative estimate of drug-likeness (QED) is 0.777. The van der Waals surface area contributed by atoms with Crippen LogP contribution in [0.3, 0.4) is 0 Å². The van der Waals surface area contributed by atoms with Gasteiger partial charge in [0.25, 0.3) is 0 Å². The van der Waals surface area contributed by atoms with Crippen molar-refractivity contribution < 1.29 is 0 Å². The Morgan fingerprint density at radius 3 is 2.79 bits per heavy atom. The number of pyridine rings is 1. The van der Waals surface area contributed by atoms with E-state index in [0.29, 0.717) is 0 Å². The van der Waals surface area contributed by atoms with Crippen LogP contribution in [0.4, 0.5) is 5.69 Å². The number of nitrogen functional groups attached to an aromatic ring is 1. The number of hydrogen-bond donors (Lipinski definition) is 1. The van der Waals surface area contributed by atoms with Crippen molar-refractivity contribution >= 4 is 17.4 Å². The van der Waals surface area contributed by atoms with Crippen LogP contribution in [-0.4, -0.2) is 10.7 Å². The van der Waals surface area contributed by atoms with Gasteiger partial charge in [-0.25, -0.2) is 0 Å². The van der Waals surface area contributed by atoms with Crippen LogP contribution >= 0.6 is 11.8 Å². The molecule has 0 bridgehead atoms. The summed E-state index contributed by atoms with van der Waals surface area (Å²) in [5.74, 6) is 2.23. The van der Waals surface area contributed by atoms with E-state index in [1.165, 1.54) is 23.3 Å². The Bertz CT molecular complexity index is 310. The van der Waals surface area contributed by atoms with E-state index < -0.39 is 0 Å². The van der Waals surface area contributed by atoms with Crippen LogP contribution in [0.1, 0.15) is 30.2 Å². The van der Waals surface area contributed by atoms with Crippen molar-refractivity contribution in [2.75, 3.05) is 11.5 Å². The third-order valence-corrected chi connectivity index (χ3v) is 3.51. The molecular formula is C11H18N2S. The molecule has 0 saturated heterocycles. The van der Waals surface area contributed by atoms with Crippen LogP contribution in [0.25, 0.3) is 0 Å². The molecule has 3 heteroatoms. The first-order chi connectivity index (χ1) is 6.66. The number of anilines is 1. The normalized spacial score (nSPS) is 10.5. The molecule has 1 aromatic rings. The van der Waals surface area contributed by atoms with E-state index in [1.807, 2.05) is 24.9 Å².